The van der Waals surface area contributed by atoms with Crippen LogP contribution in [0.5, 0.6) is 5.75 Å². The van der Waals surface area contributed by atoms with Crippen molar-refractivity contribution in [1.82, 2.24) is 0 Å². The Morgan fingerprint density at radius 1 is 1.14 bits per heavy atom. The third-order valence-corrected chi connectivity index (χ3v) is 4.79. The second-order valence-electron chi connectivity index (χ2n) is 6.91. The Kier molecular flexibility index (Phi) is 5.63. The van der Waals surface area contributed by atoms with Crippen molar-refractivity contribution in [3.8, 4) is 5.75 Å². The van der Waals surface area contributed by atoms with E-state index in [2.05, 4.69) is 5.32 Å². The van der Waals surface area contributed by atoms with Crippen molar-refractivity contribution < 1.29 is 19.1 Å². The lowest BCUT2D eigenvalue weighted by Crippen LogP contribution is -2.28. The molecule has 2 aromatic rings. The molecule has 1 atom stereocenters. The molecule has 7 nitrogen and oxygen atoms in total. The van der Waals surface area contributed by atoms with Gasteiger partial charge in [-0.3, -0.25) is 14.4 Å². The van der Waals surface area contributed by atoms with Crippen LogP contribution in [0.15, 0.2) is 42.5 Å². The Morgan fingerprint density at radius 2 is 1.79 bits per heavy atom. The van der Waals surface area contributed by atoms with Gasteiger partial charge in [-0.15, -0.1) is 0 Å². The molecule has 7 heteroatoms. The lowest BCUT2D eigenvalue weighted by molar-refractivity contribution is -0.123. The molecule has 1 aliphatic rings. The number of para-hydroxylation sites is 1. The van der Waals surface area contributed by atoms with E-state index in [1.807, 2.05) is 32.0 Å². The van der Waals surface area contributed by atoms with E-state index < -0.39 is 11.8 Å². The number of nitrogens with one attached hydrogen (secondary N) is 1. The molecular weight excluding hydrogens is 358 g/mol. The maximum atomic E-state index is 12.2. The standard InChI is InChI=1S/C21H23N3O4/c1-13-4-3-5-14(2)20(13)23-18(25)12-28-17-8-6-16(7-9-17)24-11-15(21(22)27)10-19(24)26/h3-9,15H,10-12H2,1-2H3,(H2,22,27)(H,23,25). The molecule has 1 fully saturated rings. The van der Waals surface area contributed by atoms with Crippen LogP contribution in [-0.2, 0) is 14.4 Å². The Balaban J connectivity index is 1.57. The minimum absolute atomic E-state index is 0.125. The smallest absolute Gasteiger partial charge is 0.262 e. The summed E-state index contributed by atoms with van der Waals surface area (Å²) >= 11 is 0. The van der Waals surface area contributed by atoms with Crippen molar-refractivity contribution in [3.63, 3.8) is 0 Å². The number of ether oxygens (including phenoxy) is 1. The first-order chi connectivity index (χ1) is 13.3. The van der Waals surface area contributed by atoms with Gasteiger partial charge in [0.15, 0.2) is 6.61 Å². The SMILES string of the molecule is Cc1cccc(C)c1NC(=O)COc1ccc(N2CC(C(N)=O)CC2=O)cc1. The summed E-state index contributed by atoms with van der Waals surface area (Å²) in [4.78, 5) is 37.0. The van der Waals surface area contributed by atoms with E-state index in [0.29, 0.717) is 11.4 Å². The van der Waals surface area contributed by atoms with Crippen LogP contribution in [0.3, 0.4) is 0 Å². The molecule has 1 saturated heterocycles. The zero-order valence-electron chi connectivity index (χ0n) is 15.9. The van der Waals surface area contributed by atoms with Crippen molar-refractivity contribution in [2.24, 2.45) is 11.7 Å². The monoisotopic (exact) mass is 381 g/mol. The lowest BCUT2D eigenvalue weighted by Gasteiger charge is -2.17. The van der Waals surface area contributed by atoms with Gasteiger partial charge in [-0.1, -0.05) is 18.2 Å². The van der Waals surface area contributed by atoms with Crippen LogP contribution in [0.1, 0.15) is 17.5 Å². The average Bonchev–Trinajstić information content (AvgIpc) is 3.06. The first-order valence-corrected chi connectivity index (χ1v) is 9.03. The quantitative estimate of drug-likeness (QED) is 0.800. The van der Waals surface area contributed by atoms with Crippen molar-refractivity contribution in [3.05, 3.63) is 53.6 Å². The molecule has 0 saturated carbocycles. The molecule has 28 heavy (non-hydrogen) atoms. The highest BCUT2D eigenvalue weighted by Gasteiger charge is 2.33. The Morgan fingerprint density at radius 3 is 2.36 bits per heavy atom. The normalized spacial score (nSPS) is 16.1. The van der Waals surface area contributed by atoms with Gasteiger partial charge in [0.25, 0.3) is 5.91 Å². The summed E-state index contributed by atoms with van der Waals surface area (Å²) in [5.74, 6) is -0.799. The van der Waals surface area contributed by atoms with Crippen LogP contribution in [0.4, 0.5) is 11.4 Å². The van der Waals surface area contributed by atoms with E-state index in [1.54, 1.807) is 24.3 Å². The second kappa shape index (κ2) is 8.12. The Hall–Kier alpha value is -3.35. The summed E-state index contributed by atoms with van der Waals surface area (Å²) in [7, 11) is 0. The molecule has 2 aromatic carbocycles. The highest BCUT2D eigenvalue weighted by Crippen LogP contribution is 2.27. The molecule has 0 bridgehead atoms. The van der Waals surface area contributed by atoms with E-state index in [1.165, 1.54) is 4.90 Å². The molecular formula is C21H23N3O4. The number of amides is 3. The number of rotatable bonds is 6. The number of hydrogen-bond donors (Lipinski definition) is 2. The third kappa shape index (κ3) is 4.31. The number of benzene rings is 2. The summed E-state index contributed by atoms with van der Waals surface area (Å²) in [5, 5.41) is 2.87. The fourth-order valence-electron chi connectivity index (χ4n) is 3.21. The molecule has 3 N–H and O–H groups in total. The number of nitrogens with two attached hydrogens (primary N) is 1. The van der Waals surface area contributed by atoms with Gasteiger partial charge >= 0.3 is 0 Å². The number of primary amides is 1. The fraction of sp³-hybridized carbons (Fsp3) is 0.286. The molecule has 0 aliphatic carbocycles. The predicted molar refractivity (Wildman–Crippen MR) is 106 cm³/mol. The summed E-state index contributed by atoms with van der Waals surface area (Å²) < 4.78 is 5.53. The van der Waals surface area contributed by atoms with E-state index >= 15 is 0 Å². The third-order valence-electron chi connectivity index (χ3n) is 4.79. The molecule has 0 aromatic heterocycles. The van der Waals surface area contributed by atoms with Crippen LogP contribution in [0.25, 0.3) is 0 Å². The van der Waals surface area contributed by atoms with E-state index in [4.69, 9.17) is 10.5 Å². The summed E-state index contributed by atoms with van der Waals surface area (Å²) in [5.41, 5.74) is 8.73. The number of aryl methyl sites for hydroxylation is 2. The minimum Gasteiger partial charge on any atom is -0.484 e. The van der Waals surface area contributed by atoms with Gasteiger partial charge in [0, 0.05) is 24.3 Å². The molecule has 1 unspecified atom stereocenters. The number of hydrogen-bond acceptors (Lipinski definition) is 4. The van der Waals surface area contributed by atoms with Gasteiger partial charge in [0.05, 0.1) is 5.92 Å². The zero-order chi connectivity index (χ0) is 20.3. The largest absolute Gasteiger partial charge is 0.484 e. The number of anilines is 2. The van der Waals surface area contributed by atoms with Crippen molar-refractivity contribution in [2.75, 3.05) is 23.4 Å². The van der Waals surface area contributed by atoms with Crippen molar-refractivity contribution in [1.29, 1.82) is 0 Å². The molecule has 146 valence electrons. The summed E-state index contributed by atoms with van der Waals surface area (Å²) in [6, 6.07) is 12.6. The highest BCUT2D eigenvalue weighted by molar-refractivity contribution is 6.00. The van der Waals surface area contributed by atoms with Crippen LogP contribution < -0.4 is 20.7 Å². The summed E-state index contributed by atoms with van der Waals surface area (Å²) in [6.45, 7) is 4.03. The molecule has 1 heterocycles. The van der Waals surface area contributed by atoms with Gasteiger partial charge < -0.3 is 20.7 Å². The number of nitrogens with zero attached hydrogens (tertiary/aromatic N) is 1. The van der Waals surface area contributed by atoms with Gasteiger partial charge in [0.1, 0.15) is 5.75 Å². The Bertz CT molecular complexity index is 888. The zero-order valence-corrected chi connectivity index (χ0v) is 15.9. The topological polar surface area (TPSA) is 102 Å². The summed E-state index contributed by atoms with van der Waals surface area (Å²) in [6.07, 6.45) is 0.131. The molecule has 3 rings (SSSR count). The molecule has 0 spiro atoms. The van der Waals surface area contributed by atoms with Crippen LogP contribution in [0.2, 0.25) is 0 Å². The van der Waals surface area contributed by atoms with Gasteiger partial charge in [-0.05, 0) is 49.2 Å². The number of carbonyl (C=O) groups excluding carboxylic acids is 3. The lowest BCUT2D eigenvalue weighted by atomic mass is 10.1. The highest BCUT2D eigenvalue weighted by atomic mass is 16.5. The van der Waals surface area contributed by atoms with Crippen molar-refractivity contribution >= 4 is 29.1 Å². The fourth-order valence-corrected chi connectivity index (χ4v) is 3.21. The van der Waals surface area contributed by atoms with Gasteiger partial charge in [-0.2, -0.15) is 0 Å². The predicted octanol–water partition coefficient (Wildman–Crippen LogP) is 2.16. The van der Waals surface area contributed by atoms with Gasteiger partial charge in [0.2, 0.25) is 11.8 Å². The van der Waals surface area contributed by atoms with Gasteiger partial charge in [-0.25, -0.2) is 0 Å². The first-order valence-electron chi connectivity index (χ1n) is 9.03. The number of carbonyl (C=O) groups is 3. The molecule has 1 aliphatic heterocycles. The first kappa shape index (κ1) is 19.4. The van der Waals surface area contributed by atoms with E-state index in [9.17, 15) is 14.4 Å². The maximum absolute atomic E-state index is 12.2. The van der Waals surface area contributed by atoms with E-state index in [-0.39, 0.29) is 31.4 Å². The van der Waals surface area contributed by atoms with Crippen molar-refractivity contribution in [2.45, 2.75) is 20.3 Å². The maximum Gasteiger partial charge on any atom is 0.262 e. The van der Waals surface area contributed by atoms with Crippen LogP contribution in [-0.4, -0.2) is 30.9 Å². The minimum atomic E-state index is -0.467. The van der Waals surface area contributed by atoms with Crippen LogP contribution >= 0.6 is 0 Å². The van der Waals surface area contributed by atoms with Crippen LogP contribution in [0, 0.1) is 19.8 Å². The Labute approximate surface area is 163 Å². The second-order valence-corrected chi connectivity index (χ2v) is 6.91. The average molecular weight is 381 g/mol. The molecule has 0 radical (unpaired) electrons. The van der Waals surface area contributed by atoms with E-state index in [0.717, 1.165) is 16.8 Å². The molecule has 3 amide bonds.